The van der Waals surface area contributed by atoms with Crippen LogP contribution >= 0.6 is 23.6 Å². The predicted molar refractivity (Wildman–Crippen MR) is 79.2 cm³/mol. The lowest BCUT2D eigenvalue weighted by Gasteiger charge is -2.11. The average molecular weight is 309 g/mol. The Hall–Kier alpha value is -1.86. The third-order valence-corrected chi connectivity index (χ3v) is 4.19. The highest BCUT2D eigenvalue weighted by atomic mass is 32.1. The number of hydrogen-bond acceptors (Lipinski definition) is 4. The number of benzene rings is 1. The van der Waals surface area contributed by atoms with Crippen LogP contribution in [-0.4, -0.2) is 9.97 Å². The summed E-state index contributed by atoms with van der Waals surface area (Å²) < 4.78 is 29.3. The third kappa shape index (κ3) is 2.08. The highest BCUT2D eigenvalue weighted by Gasteiger charge is 2.16. The van der Waals surface area contributed by atoms with Gasteiger partial charge in [0.15, 0.2) is 11.6 Å². The van der Waals surface area contributed by atoms with E-state index in [-0.39, 0.29) is 11.2 Å². The van der Waals surface area contributed by atoms with Gasteiger partial charge in [0.1, 0.15) is 15.8 Å². The summed E-state index contributed by atoms with van der Waals surface area (Å²) in [6.07, 6.45) is 1.62. The Bertz CT molecular complexity index is 854. The number of pyridine rings is 1. The predicted octanol–water partition coefficient (Wildman–Crippen LogP) is 4.68. The monoisotopic (exact) mass is 309 g/mol. The van der Waals surface area contributed by atoms with Crippen LogP contribution in [0.4, 0.5) is 20.2 Å². The van der Waals surface area contributed by atoms with Crippen LogP contribution in [0.3, 0.4) is 0 Å². The van der Waals surface area contributed by atoms with E-state index < -0.39 is 11.6 Å². The molecule has 0 aliphatic carbocycles. The molecule has 0 atom stereocenters. The van der Waals surface area contributed by atoms with E-state index >= 15 is 0 Å². The molecule has 3 rings (SSSR count). The number of nitrogens with one attached hydrogen (secondary N) is 2. The summed E-state index contributed by atoms with van der Waals surface area (Å²) in [6, 6.07) is 2.95. The third-order valence-electron chi connectivity index (χ3n) is 2.99. The minimum Gasteiger partial charge on any atom is -0.353 e. The van der Waals surface area contributed by atoms with Crippen molar-refractivity contribution in [3.8, 4) is 0 Å². The molecule has 0 fully saturated rings. The van der Waals surface area contributed by atoms with E-state index in [1.54, 1.807) is 19.2 Å². The Morgan fingerprint density at radius 3 is 3.00 bits per heavy atom. The van der Waals surface area contributed by atoms with Gasteiger partial charge in [0.2, 0.25) is 0 Å². The summed E-state index contributed by atoms with van der Waals surface area (Å²) in [5.41, 5.74) is 2.71. The van der Waals surface area contributed by atoms with Crippen LogP contribution in [0.15, 0.2) is 23.8 Å². The highest BCUT2D eigenvalue weighted by molar-refractivity contribution is 7.71. The number of hydrogen-bond donors (Lipinski definition) is 2. The number of thiazole rings is 1. The first-order valence-corrected chi connectivity index (χ1v) is 7.03. The molecule has 0 aliphatic rings. The zero-order valence-corrected chi connectivity index (χ0v) is 12.0. The van der Waals surface area contributed by atoms with Crippen LogP contribution in [0, 0.1) is 23.2 Å². The molecule has 3 nitrogen and oxygen atoms in total. The summed E-state index contributed by atoms with van der Waals surface area (Å²) in [5.74, 6) is -1.35. The fraction of sp³-hybridized carbons (Fsp3) is 0.0769. The lowest BCUT2D eigenvalue weighted by atomic mass is 10.2. The number of nitrogens with zero attached hydrogens (tertiary/aromatic N) is 1. The van der Waals surface area contributed by atoms with Gasteiger partial charge in [-0.15, -0.1) is 11.3 Å². The van der Waals surface area contributed by atoms with Gasteiger partial charge in [-0.2, -0.15) is 0 Å². The molecule has 0 spiro atoms. The molecule has 2 N–H and O–H groups in total. The number of anilines is 2. The molecule has 2 heterocycles. The second-order valence-electron chi connectivity index (χ2n) is 4.22. The number of aromatic amines is 1. The lowest BCUT2D eigenvalue weighted by molar-refractivity contribution is 0.598. The first-order valence-electron chi connectivity index (χ1n) is 5.74. The van der Waals surface area contributed by atoms with Crippen LogP contribution in [-0.2, 0) is 0 Å². The maximum atomic E-state index is 14.3. The van der Waals surface area contributed by atoms with Crippen LogP contribution in [0.2, 0.25) is 0 Å². The Kier molecular flexibility index (Phi) is 3.23. The van der Waals surface area contributed by atoms with Crippen molar-refractivity contribution in [2.45, 2.75) is 6.92 Å². The molecule has 7 heteroatoms. The normalized spacial score (nSPS) is 10.9. The van der Waals surface area contributed by atoms with E-state index in [1.165, 1.54) is 22.9 Å². The zero-order valence-electron chi connectivity index (χ0n) is 10.3. The van der Waals surface area contributed by atoms with Crippen LogP contribution < -0.4 is 5.32 Å². The summed E-state index contributed by atoms with van der Waals surface area (Å²) in [6.45, 7) is 1.78. The van der Waals surface area contributed by atoms with E-state index in [0.717, 1.165) is 5.56 Å². The molecular weight excluding hydrogens is 300 g/mol. The SMILES string of the molecule is Cc1c(Nc2c(F)cc3scnc3c2F)cc[nH]c1=S. The molecule has 3 aromatic rings. The topological polar surface area (TPSA) is 40.7 Å². The minimum absolute atomic E-state index is 0.164. The maximum absolute atomic E-state index is 14.3. The van der Waals surface area contributed by atoms with Gasteiger partial charge in [0, 0.05) is 17.4 Å². The van der Waals surface area contributed by atoms with E-state index in [9.17, 15) is 8.78 Å². The standard InChI is InChI=1S/C13H9F2N3S2/c1-6-8(2-3-16-13(6)19)18-11-7(14)4-9-12(10(11)15)17-5-20-9/h2-5H,1H3,(H2,16,18,19). The van der Waals surface area contributed by atoms with Gasteiger partial charge >= 0.3 is 0 Å². The van der Waals surface area contributed by atoms with Crippen molar-refractivity contribution >= 4 is 45.1 Å². The smallest absolute Gasteiger partial charge is 0.176 e. The van der Waals surface area contributed by atoms with Crippen molar-refractivity contribution in [3.63, 3.8) is 0 Å². The van der Waals surface area contributed by atoms with Gasteiger partial charge in [-0.3, -0.25) is 0 Å². The minimum atomic E-state index is -0.695. The van der Waals surface area contributed by atoms with Gasteiger partial charge in [0.05, 0.1) is 10.2 Å². The zero-order chi connectivity index (χ0) is 14.3. The molecule has 0 amide bonds. The first-order chi connectivity index (χ1) is 9.58. The molecule has 1 aromatic carbocycles. The second-order valence-corrected chi connectivity index (χ2v) is 5.51. The lowest BCUT2D eigenvalue weighted by Crippen LogP contribution is -2.00. The largest absolute Gasteiger partial charge is 0.353 e. The van der Waals surface area contributed by atoms with Crippen LogP contribution in [0.25, 0.3) is 10.2 Å². The van der Waals surface area contributed by atoms with Crippen LogP contribution in [0.5, 0.6) is 0 Å². The summed E-state index contributed by atoms with van der Waals surface area (Å²) in [7, 11) is 0. The maximum Gasteiger partial charge on any atom is 0.176 e. The molecule has 0 bridgehead atoms. The van der Waals surface area contributed by atoms with Crippen molar-refractivity contribution < 1.29 is 8.78 Å². The van der Waals surface area contributed by atoms with Gasteiger partial charge in [-0.05, 0) is 19.1 Å². The Morgan fingerprint density at radius 1 is 1.40 bits per heavy atom. The van der Waals surface area contributed by atoms with Gasteiger partial charge in [0.25, 0.3) is 0 Å². The molecule has 2 aromatic heterocycles. The van der Waals surface area contributed by atoms with Gasteiger partial charge in [-0.1, -0.05) is 12.2 Å². The van der Waals surface area contributed by atoms with Gasteiger partial charge < -0.3 is 10.3 Å². The molecule has 0 aliphatic heterocycles. The van der Waals surface area contributed by atoms with E-state index in [4.69, 9.17) is 12.2 Å². The van der Waals surface area contributed by atoms with E-state index in [0.29, 0.717) is 15.0 Å². The number of fused-ring (bicyclic) bond motifs is 1. The van der Waals surface area contributed by atoms with Crippen molar-refractivity contribution in [1.82, 2.24) is 9.97 Å². The molecule has 0 saturated heterocycles. The summed E-state index contributed by atoms with van der Waals surface area (Å²) in [4.78, 5) is 6.77. The number of aromatic nitrogens is 2. The Balaban J connectivity index is 2.15. The number of halogens is 2. The quantitative estimate of drug-likeness (QED) is 0.675. The molecule has 102 valence electrons. The second kappa shape index (κ2) is 4.92. The van der Waals surface area contributed by atoms with Crippen LogP contribution in [0.1, 0.15) is 5.56 Å². The van der Waals surface area contributed by atoms with Crippen molar-refractivity contribution in [2.75, 3.05) is 5.32 Å². The van der Waals surface area contributed by atoms with E-state index in [2.05, 4.69) is 15.3 Å². The molecular formula is C13H9F2N3S2. The van der Waals surface area contributed by atoms with Gasteiger partial charge in [-0.25, -0.2) is 13.8 Å². The molecule has 0 saturated carbocycles. The fourth-order valence-electron chi connectivity index (χ4n) is 1.87. The average Bonchev–Trinajstić information content (AvgIpc) is 2.87. The molecule has 0 unspecified atom stereocenters. The Morgan fingerprint density at radius 2 is 2.20 bits per heavy atom. The van der Waals surface area contributed by atoms with E-state index in [1.807, 2.05) is 0 Å². The van der Waals surface area contributed by atoms with Crippen molar-refractivity contribution in [1.29, 1.82) is 0 Å². The first kappa shape index (κ1) is 13.1. The number of rotatable bonds is 2. The molecule has 20 heavy (non-hydrogen) atoms. The highest BCUT2D eigenvalue weighted by Crippen LogP contribution is 2.32. The fourth-order valence-corrected chi connectivity index (χ4v) is 2.75. The summed E-state index contributed by atoms with van der Waals surface area (Å²) >= 11 is 6.29. The molecule has 0 radical (unpaired) electrons. The summed E-state index contributed by atoms with van der Waals surface area (Å²) in [5, 5.41) is 2.76. The van der Waals surface area contributed by atoms with Crippen molar-refractivity contribution in [3.05, 3.63) is 45.7 Å². The van der Waals surface area contributed by atoms with Crippen molar-refractivity contribution in [2.24, 2.45) is 0 Å². The Labute approximate surface area is 122 Å². The number of H-pyrrole nitrogens is 1.